The number of carbonyl (C=O) groups is 1. The van der Waals surface area contributed by atoms with Crippen molar-refractivity contribution in [2.75, 3.05) is 83.9 Å². The minimum absolute atomic E-state index is 0.102. The molecule has 1 aliphatic heterocycles. The number of fused-ring (bicyclic) bond motifs is 3. The number of aryl methyl sites for hydroxylation is 3. The Kier molecular flexibility index (Phi) is 12.7. The summed E-state index contributed by atoms with van der Waals surface area (Å²) in [5.41, 5.74) is 8.22. The molecular formula is C40H50N6O6. The van der Waals surface area contributed by atoms with Gasteiger partial charge < -0.3 is 28.7 Å². The van der Waals surface area contributed by atoms with E-state index in [1.807, 2.05) is 42.3 Å². The molecule has 0 bridgehead atoms. The van der Waals surface area contributed by atoms with Crippen molar-refractivity contribution in [1.29, 1.82) is 0 Å². The average molecular weight is 711 g/mol. The first kappa shape index (κ1) is 37.1. The summed E-state index contributed by atoms with van der Waals surface area (Å²) in [5, 5.41) is 0.902. The number of nitrogens with zero attached hydrogens (tertiary/aromatic N) is 6. The third-order valence-electron chi connectivity index (χ3n) is 9.46. The normalized spacial score (nSPS) is 13.5. The van der Waals surface area contributed by atoms with Gasteiger partial charge in [-0.2, -0.15) is 0 Å². The van der Waals surface area contributed by atoms with Gasteiger partial charge in [-0.3, -0.25) is 23.9 Å². The molecule has 0 spiro atoms. The van der Waals surface area contributed by atoms with Gasteiger partial charge in [0, 0.05) is 68.4 Å². The number of carbonyl (C=O) groups excluding carboxylic acids is 1. The van der Waals surface area contributed by atoms with Crippen LogP contribution in [0.1, 0.15) is 31.0 Å². The fraction of sp³-hybridized carbons (Fsp3) is 0.450. The Hall–Kier alpha value is -4.62. The molecule has 0 atom stereocenters. The molecule has 0 radical (unpaired) electrons. The molecule has 6 rings (SSSR count). The van der Waals surface area contributed by atoms with E-state index in [-0.39, 0.29) is 11.6 Å². The fourth-order valence-corrected chi connectivity index (χ4v) is 6.61. The van der Waals surface area contributed by atoms with Crippen LogP contribution < -0.4 is 10.6 Å². The van der Waals surface area contributed by atoms with Gasteiger partial charge in [0.2, 0.25) is 5.91 Å². The number of piperazine rings is 1. The van der Waals surface area contributed by atoms with E-state index in [2.05, 4.69) is 53.0 Å². The Morgan fingerprint density at radius 2 is 1.42 bits per heavy atom. The van der Waals surface area contributed by atoms with Crippen molar-refractivity contribution in [1.82, 2.24) is 24.0 Å². The fourth-order valence-electron chi connectivity index (χ4n) is 6.61. The van der Waals surface area contributed by atoms with Gasteiger partial charge >= 0.3 is 5.69 Å². The Balaban J connectivity index is 1.03. The Morgan fingerprint density at radius 3 is 2.08 bits per heavy atom. The van der Waals surface area contributed by atoms with Gasteiger partial charge in [-0.25, -0.2) is 4.79 Å². The van der Waals surface area contributed by atoms with Crippen LogP contribution in [-0.2, 0) is 30.8 Å². The van der Waals surface area contributed by atoms with E-state index >= 15 is 0 Å². The van der Waals surface area contributed by atoms with Gasteiger partial charge in [0.1, 0.15) is 0 Å². The maximum Gasteiger partial charge on any atom is 0.333 e. The second kappa shape index (κ2) is 17.7. The number of pyridine rings is 2. The van der Waals surface area contributed by atoms with Crippen LogP contribution >= 0.6 is 0 Å². The zero-order chi connectivity index (χ0) is 36.5. The maximum absolute atomic E-state index is 13.7. The summed E-state index contributed by atoms with van der Waals surface area (Å²) in [6.07, 6.45) is 5.00. The molecule has 12 heteroatoms. The summed E-state index contributed by atoms with van der Waals surface area (Å²) >= 11 is 0. The van der Waals surface area contributed by atoms with Crippen molar-refractivity contribution < 1.29 is 23.7 Å². The summed E-state index contributed by atoms with van der Waals surface area (Å²) in [6.45, 7) is 13.1. The van der Waals surface area contributed by atoms with E-state index < -0.39 is 0 Å². The minimum Gasteiger partial charge on any atom is -0.379 e. The van der Waals surface area contributed by atoms with Crippen molar-refractivity contribution in [3.05, 3.63) is 82.7 Å². The minimum atomic E-state index is -0.128. The first-order valence-corrected chi connectivity index (χ1v) is 18.2. The first-order chi connectivity index (χ1) is 25.4. The van der Waals surface area contributed by atoms with Crippen LogP contribution in [0.3, 0.4) is 0 Å². The summed E-state index contributed by atoms with van der Waals surface area (Å²) in [6, 6.07) is 16.4. The summed E-state index contributed by atoms with van der Waals surface area (Å²) in [5.74, 6) is 0.102. The van der Waals surface area contributed by atoms with Gasteiger partial charge in [-0.05, 0) is 67.8 Å². The van der Waals surface area contributed by atoms with Crippen molar-refractivity contribution in [2.45, 2.75) is 33.6 Å². The van der Waals surface area contributed by atoms with Gasteiger partial charge in [0.15, 0.2) is 0 Å². The second-order valence-electron chi connectivity index (χ2n) is 13.1. The number of imidazole rings is 1. The predicted molar refractivity (Wildman–Crippen MR) is 203 cm³/mol. The quantitative estimate of drug-likeness (QED) is 0.122. The van der Waals surface area contributed by atoms with E-state index in [1.54, 1.807) is 22.4 Å². The second-order valence-corrected chi connectivity index (χ2v) is 13.1. The highest BCUT2D eigenvalue weighted by molar-refractivity contribution is 6.04. The largest absolute Gasteiger partial charge is 0.379 e. The van der Waals surface area contributed by atoms with Crippen LogP contribution in [0.25, 0.3) is 38.8 Å². The number of ether oxygens (including phenoxy) is 4. The highest BCUT2D eigenvalue weighted by Crippen LogP contribution is 2.31. The number of aromatic nitrogens is 4. The van der Waals surface area contributed by atoms with Gasteiger partial charge in [0.05, 0.1) is 81.1 Å². The molecule has 12 nitrogen and oxygen atoms in total. The molecule has 1 saturated heterocycles. The third-order valence-corrected chi connectivity index (χ3v) is 9.46. The zero-order valence-corrected chi connectivity index (χ0v) is 30.8. The van der Waals surface area contributed by atoms with Crippen LogP contribution in [-0.4, -0.2) is 109 Å². The van der Waals surface area contributed by atoms with Gasteiger partial charge in [-0.1, -0.05) is 19.1 Å². The molecule has 1 fully saturated rings. The first-order valence-electron chi connectivity index (χ1n) is 18.2. The smallest absolute Gasteiger partial charge is 0.333 e. The van der Waals surface area contributed by atoms with E-state index in [0.717, 1.165) is 81.8 Å². The monoisotopic (exact) mass is 710 g/mol. The van der Waals surface area contributed by atoms with Gasteiger partial charge in [-0.15, -0.1) is 0 Å². The van der Waals surface area contributed by atoms with Crippen LogP contribution in [0.2, 0.25) is 0 Å². The van der Waals surface area contributed by atoms with Crippen molar-refractivity contribution >= 4 is 33.5 Å². The maximum atomic E-state index is 13.7. The van der Waals surface area contributed by atoms with E-state index in [1.165, 1.54) is 0 Å². The summed E-state index contributed by atoms with van der Waals surface area (Å²) in [7, 11) is 1.79. The number of amides is 1. The topological polar surface area (TPSA) is 113 Å². The molecule has 1 aliphatic rings. The molecule has 1 amide bonds. The molecule has 0 unspecified atom stereocenters. The number of rotatable bonds is 17. The predicted octanol–water partition coefficient (Wildman–Crippen LogP) is 5.07. The Morgan fingerprint density at radius 1 is 0.750 bits per heavy atom. The molecule has 52 heavy (non-hydrogen) atoms. The summed E-state index contributed by atoms with van der Waals surface area (Å²) in [4.78, 5) is 40.0. The average Bonchev–Trinajstić information content (AvgIpc) is 3.42. The lowest BCUT2D eigenvalue weighted by atomic mass is 10.0. The Labute approximate surface area is 304 Å². The van der Waals surface area contributed by atoms with Crippen molar-refractivity contribution in [3.8, 4) is 16.8 Å². The van der Waals surface area contributed by atoms with Crippen LogP contribution in [0.15, 0.2) is 65.7 Å². The van der Waals surface area contributed by atoms with Crippen molar-refractivity contribution in [2.24, 2.45) is 7.05 Å². The lowest BCUT2D eigenvalue weighted by molar-refractivity contribution is -0.132. The molecule has 2 aromatic carbocycles. The summed E-state index contributed by atoms with van der Waals surface area (Å²) < 4.78 is 25.4. The molecule has 0 N–H and O–H groups in total. The highest BCUT2D eigenvalue weighted by Gasteiger charge is 2.23. The molecule has 0 saturated carbocycles. The molecule has 276 valence electrons. The molecular weight excluding hydrogens is 660 g/mol. The Bertz CT molecular complexity index is 2020. The SMILES string of the molecule is CCCOCCOCCOCCOCCC(=O)N1CCN(c2ccc(-n3c(=O)n(C)c4cnc5ccc(-c6ccc(C)nc6)cc5c43)cc2C)CC1. The molecule has 4 heterocycles. The molecule has 5 aromatic rings. The molecule has 0 aliphatic carbocycles. The number of hydrogen-bond donors (Lipinski definition) is 0. The number of anilines is 1. The van der Waals surface area contributed by atoms with E-state index in [9.17, 15) is 9.59 Å². The molecule has 3 aromatic heterocycles. The highest BCUT2D eigenvalue weighted by atomic mass is 16.6. The number of hydrogen-bond acceptors (Lipinski definition) is 9. The van der Waals surface area contributed by atoms with Crippen LogP contribution in [0, 0.1) is 13.8 Å². The number of benzene rings is 2. The lowest BCUT2D eigenvalue weighted by Gasteiger charge is -2.37. The standard InChI is InChI=1S/C40H50N6O6/c1-5-17-49-19-21-51-23-24-52-22-20-50-18-12-38(47)45-15-13-44(14-16-45)36-11-9-33(25-29(36)2)46-39-34-26-31(32-7-6-30(3)41-27-32)8-10-35(34)42-28-37(39)43(4)40(46)48/h6-11,25-28H,5,12-24H2,1-4H3. The van der Waals surface area contributed by atoms with Crippen LogP contribution in [0.4, 0.5) is 5.69 Å². The van der Waals surface area contributed by atoms with E-state index in [4.69, 9.17) is 18.9 Å². The van der Waals surface area contributed by atoms with Crippen molar-refractivity contribution in [3.63, 3.8) is 0 Å². The third kappa shape index (κ3) is 8.70. The van der Waals surface area contributed by atoms with Crippen LogP contribution in [0.5, 0.6) is 0 Å². The van der Waals surface area contributed by atoms with E-state index in [0.29, 0.717) is 65.8 Å². The lowest BCUT2D eigenvalue weighted by Crippen LogP contribution is -2.49. The zero-order valence-electron chi connectivity index (χ0n) is 30.8. The van der Waals surface area contributed by atoms with Gasteiger partial charge in [0.25, 0.3) is 0 Å².